The number of aliphatic hydroxyl groups excluding tert-OH is 1. The molecule has 1 aliphatic carbocycles. The van der Waals surface area contributed by atoms with Crippen LogP contribution >= 0.6 is 0 Å². The van der Waals surface area contributed by atoms with Gasteiger partial charge in [-0.05, 0) is 32.2 Å². The monoisotopic (exact) mass is 225 g/mol. The van der Waals surface area contributed by atoms with Crippen molar-refractivity contribution < 1.29 is 18.3 Å². The molecule has 3 atom stereocenters. The van der Waals surface area contributed by atoms with Crippen molar-refractivity contribution >= 4 is 0 Å². The maximum atomic E-state index is 12.2. The largest absolute Gasteiger partial charge is 0.401 e. The summed E-state index contributed by atoms with van der Waals surface area (Å²) in [5.74, 6) is 0.397. The molecule has 15 heavy (non-hydrogen) atoms. The molecule has 90 valence electrons. The molecule has 5 heteroatoms. The fraction of sp³-hybridized carbons (Fsp3) is 1.00. The zero-order chi connectivity index (χ0) is 11.6. The van der Waals surface area contributed by atoms with Crippen LogP contribution < -0.4 is 0 Å². The second-order valence-electron chi connectivity index (χ2n) is 4.58. The first kappa shape index (κ1) is 12.8. The summed E-state index contributed by atoms with van der Waals surface area (Å²) in [5.41, 5.74) is 0. The molecule has 0 spiro atoms. The van der Waals surface area contributed by atoms with Crippen molar-refractivity contribution in [1.29, 1.82) is 0 Å². The molecule has 0 radical (unpaired) electrons. The van der Waals surface area contributed by atoms with E-state index in [2.05, 4.69) is 0 Å². The number of hydrogen-bond donors (Lipinski definition) is 1. The Balaban J connectivity index is 2.53. The molecular weight excluding hydrogens is 207 g/mol. The normalized spacial score (nSPS) is 33.4. The average Bonchev–Trinajstić information content (AvgIpc) is 2.06. The number of likely N-dealkylation sites (N-methyl/N-ethyl adjacent to an activating group) is 1. The van der Waals surface area contributed by atoms with Crippen LogP contribution in [0.3, 0.4) is 0 Å². The molecule has 1 aliphatic rings. The van der Waals surface area contributed by atoms with Gasteiger partial charge >= 0.3 is 6.18 Å². The zero-order valence-electron chi connectivity index (χ0n) is 9.09. The van der Waals surface area contributed by atoms with Gasteiger partial charge in [-0.15, -0.1) is 0 Å². The van der Waals surface area contributed by atoms with Gasteiger partial charge < -0.3 is 5.11 Å². The SMILES string of the molecule is CC1CCC(O)C(N(C)CC(F)(F)F)C1. The number of rotatable bonds is 2. The minimum atomic E-state index is -4.19. The minimum absolute atomic E-state index is 0.352. The highest BCUT2D eigenvalue weighted by atomic mass is 19.4. The quantitative estimate of drug-likeness (QED) is 0.777. The van der Waals surface area contributed by atoms with Crippen LogP contribution in [0.25, 0.3) is 0 Å². The van der Waals surface area contributed by atoms with E-state index in [9.17, 15) is 18.3 Å². The molecule has 1 saturated carbocycles. The van der Waals surface area contributed by atoms with Gasteiger partial charge in [0.05, 0.1) is 12.6 Å². The predicted molar refractivity (Wildman–Crippen MR) is 51.5 cm³/mol. The van der Waals surface area contributed by atoms with E-state index < -0.39 is 18.8 Å². The van der Waals surface area contributed by atoms with Gasteiger partial charge in [0.15, 0.2) is 0 Å². The molecule has 1 N–H and O–H groups in total. The van der Waals surface area contributed by atoms with Gasteiger partial charge in [-0.1, -0.05) is 6.92 Å². The van der Waals surface area contributed by atoms with E-state index >= 15 is 0 Å². The number of hydrogen-bond acceptors (Lipinski definition) is 2. The molecule has 0 bridgehead atoms. The highest BCUT2D eigenvalue weighted by Crippen LogP contribution is 2.28. The summed E-state index contributed by atoms with van der Waals surface area (Å²) in [6.07, 6.45) is -2.65. The lowest BCUT2D eigenvalue weighted by Crippen LogP contribution is -2.48. The summed E-state index contributed by atoms with van der Waals surface area (Å²) in [7, 11) is 1.43. The minimum Gasteiger partial charge on any atom is -0.391 e. The van der Waals surface area contributed by atoms with Gasteiger partial charge in [0.1, 0.15) is 0 Å². The molecule has 1 fully saturated rings. The van der Waals surface area contributed by atoms with Gasteiger partial charge in [0.2, 0.25) is 0 Å². The van der Waals surface area contributed by atoms with Crippen LogP contribution in [0, 0.1) is 5.92 Å². The first-order valence-electron chi connectivity index (χ1n) is 5.24. The lowest BCUT2D eigenvalue weighted by Gasteiger charge is -2.38. The molecule has 0 aromatic heterocycles. The lowest BCUT2D eigenvalue weighted by molar-refractivity contribution is -0.154. The van der Waals surface area contributed by atoms with Gasteiger partial charge in [-0.2, -0.15) is 13.2 Å². The van der Waals surface area contributed by atoms with Crippen molar-refractivity contribution in [3.63, 3.8) is 0 Å². The van der Waals surface area contributed by atoms with Crippen LogP contribution in [0.15, 0.2) is 0 Å². The van der Waals surface area contributed by atoms with Gasteiger partial charge in [0, 0.05) is 6.04 Å². The molecule has 0 amide bonds. The molecule has 3 unspecified atom stereocenters. The van der Waals surface area contributed by atoms with Gasteiger partial charge in [-0.3, -0.25) is 4.90 Å². The van der Waals surface area contributed by atoms with Crippen molar-refractivity contribution in [2.24, 2.45) is 5.92 Å². The van der Waals surface area contributed by atoms with Crippen molar-refractivity contribution in [2.75, 3.05) is 13.6 Å². The van der Waals surface area contributed by atoms with E-state index in [1.165, 1.54) is 11.9 Å². The summed E-state index contributed by atoms with van der Waals surface area (Å²) in [6.45, 7) is 1.07. The Hall–Kier alpha value is -0.290. The second kappa shape index (κ2) is 4.70. The Labute approximate surface area is 88.1 Å². The van der Waals surface area contributed by atoms with Crippen molar-refractivity contribution in [2.45, 2.75) is 44.5 Å². The van der Waals surface area contributed by atoms with E-state index in [0.717, 1.165) is 6.42 Å². The van der Waals surface area contributed by atoms with Crippen LogP contribution in [0.5, 0.6) is 0 Å². The van der Waals surface area contributed by atoms with E-state index in [1.54, 1.807) is 0 Å². The Morgan fingerprint density at radius 3 is 2.47 bits per heavy atom. The number of nitrogens with zero attached hydrogens (tertiary/aromatic N) is 1. The summed E-state index contributed by atoms with van der Waals surface area (Å²) < 4.78 is 36.5. The number of halogens is 3. The maximum Gasteiger partial charge on any atom is 0.401 e. The Morgan fingerprint density at radius 2 is 1.93 bits per heavy atom. The van der Waals surface area contributed by atoms with Gasteiger partial charge in [-0.25, -0.2) is 0 Å². The summed E-state index contributed by atoms with van der Waals surface area (Å²) in [6, 6.07) is -0.352. The molecule has 0 heterocycles. The molecule has 0 aromatic carbocycles. The van der Waals surface area contributed by atoms with Crippen molar-refractivity contribution in [3.05, 3.63) is 0 Å². The number of alkyl halides is 3. The van der Waals surface area contributed by atoms with Crippen LogP contribution in [0.4, 0.5) is 13.2 Å². The van der Waals surface area contributed by atoms with E-state index in [4.69, 9.17) is 0 Å². The van der Waals surface area contributed by atoms with E-state index in [1.807, 2.05) is 6.92 Å². The fourth-order valence-electron chi connectivity index (χ4n) is 2.21. The van der Waals surface area contributed by atoms with Crippen molar-refractivity contribution in [3.8, 4) is 0 Å². The molecule has 1 rings (SSSR count). The smallest absolute Gasteiger partial charge is 0.391 e. The van der Waals surface area contributed by atoms with E-state index in [-0.39, 0.29) is 6.04 Å². The third-order valence-electron chi connectivity index (χ3n) is 3.04. The molecular formula is C10H18F3NO. The third-order valence-corrected chi connectivity index (χ3v) is 3.04. The summed E-state index contributed by atoms with van der Waals surface area (Å²) >= 11 is 0. The Morgan fingerprint density at radius 1 is 1.33 bits per heavy atom. The second-order valence-corrected chi connectivity index (χ2v) is 4.58. The standard InChI is InChI=1S/C10H18F3NO/c1-7-3-4-9(15)8(5-7)14(2)6-10(11,12)13/h7-9,15H,3-6H2,1-2H3. The van der Waals surface area contributed by atoms with Crippen LogP contribution in [0.2, 0.25) is 0 Å². The van der Waals surface area contributed by atoms with Crippen molar-refractivity contribution in [1.82, 2.24) is 4.90 Å². The zero-order valence-corrected chi connectivity index (χ0v) is 9.09. The van der Waals surface area contributed by atoms with Crippen LogP contribution in [0.1, 0.15) is 26.2 Å². The lowest BCUT2D eigenvalue weighted by atomic mass is 9.84. The molecule has 2 nitrogen and oxygen atoms in total. The summed E-state index contributed by atoms with van der Waals surface area (Å²) in [5, 5.41) is 9.64. The highest BCUT2D eigenvalue weighted by Gasteiger charge is 2.36. The molecule has 0 aliphatic heterocycles. The third kappa shape index (κ3) is 3.99. The summed E-state index contributed by atoms with van der Waals surface area (Å²) in [4.78, 5) is 1.22. The highest BCUT2D eigenvalue weighted by molar-refractivity contribution is 4.85. The fourth-order valence-corrected chi connectivity index (χ4v) is 2.21. The van der Waals surface area contributed by atoms with Crippen LogP contribution in [-0.2, 0) is 0 Å². The average molecular weight is 225 g/mol. The number of aliphatic hydroxyl groups is 1. The first-order valence-corrected chi connectivity index (χ1v) is 5.24. The van der Waals surface area contributed by atoms with Crippen LogP contribution in [-0.4, -0.2) is 41.9 Å². The maximum absolute atomic E-state index is 12.2. The topological polar surface area (TPSA) is 23.5 Å². The molecule has 0 aromatic rings. The van der Waals surface area contributed by atoms with E-state index in [0.29, 0.717) is 18.8 Å². The molecule has 0 saturated heterocycles. The Bertz CT molecular complexity index is 207. The first-order chi connectivity index (χ1) is 6.79. The Kier molecular flexibility index (Phi) is 4.00. The van der Waals surface area contributed by atoms with Gasteiger partial charge in [0.25, 0.3) is 0 Å². The predicted octanol–water partition coefficient (Wildman–Crippen LogP) is 2.03.